The highest BCUT2D eigenvalue weighted by Crippen LogP contribution is 2.36. The van der Waals surface area contributed by atoms with E-state index in [1.807, 2.05) is 30.3 Å². The molecule has 2 aromatic carbocycles. The molecule has 3 N–H and O–H groups in total. The van der Waals surface area contributed by atoms with Crippen molar-refractivity contribution < 1.29 is 28.9 Å². The van der Waals surface area contributed by atoms with Gasteiger partial charge in [0.2, 0.25) is 0 Å². The van der Waals surface area contributed by atoms with E-state index < -0.39 is 17.3 Å². The summed E-state index contributed by atoms with van der Waals surface area (Å²) in [5, 5.41) is 15.5. The molecule has 4 aromatic rings. The molecule has 0 saturated carbocycles. The van der Waals surface area contributed by atoms with Gasteiger partial charge in [0.05, 0.1) is 33.5 Å². The fraction of sp³-hybridized carbons (Fsp3) is 0.235. The number of anilines is 1. The molecule has 0 radical (unpaired) electrons. The summed E-state index contributed by atoms with van der Waals surface area (Å²) in [6.07, 6.45) is 13.0. The molecular weight excluding hydrogens is 645 g/mol. The Kier molecular flexibility index (Phi) is 11.2. The van der Waals surface area contributed by atoms with E-state index in [0.717, 1.165) is 19.3 Å². The van der Waals surface area contributed by atoms with Crippen molar-refractivity contribution in [3.63, 3.8) is 0 Å². The first-order chi connectivity index (χ1) is 22.7. The van der Waals surface area contributed by atoms with Gasteiger partial charge in [-0.3, -0.25) is 9.78 Å². The number of nitrogens with zero attached hydrogens (tertiary/aromatic N) is 4. The number of amides is 1. The van der Waals surface area contributed by atoms with Crippen LogP contribution in [-0.2, 0) is 9.53 Å². The van der Waals surface area contributed by atoms with Crippen LogP contribution in [0.3, 0.4) is 0 Å². The van der Waals surface area contributed by atoms with Crippen LogP contribution in [0.1, 0.15) is 36.0 Å². The van der Waals surface area contributed by atoms with Gasteiger partial charge in [0.1, 0.15) is 42.3 Å². The lowest BCUT2D eigenvalue weighted by Gasteiger charge is -2.34. The number of hydrogen-bond acceptors (Lipinski definition) is 8. The normalized spacial score (nSPS) is 16.8. The lowest BCUT2D eigenvalue weighted by Crippen LogP contribution is -2.38. The number of carbonyl (C=O) groups is 2. The van der Waals surface area contributed by atoms with Crippen molar-refractivity contribution in [3.05, 3.63) is 125 Å². The standard InChI is InChI=1S/C28H27Cl2N3O5.C6H6N2O/c29-21-7-1-3-9-24(21)37-18-28(19-38-25-10-4-2-8-22(25)30)12-13-32(23(15-28)27(34)35)20-16-31-33(17-20)26-11-5-6-14-36-26;7-6(9)5-3-1-2-4-8-5/h1-4,7-10,12-13,15-17,26H,5-6,11,14,18-19H2,(H,34,35);1-4H,(H2,7,9). The van der Waals surface area contributed by atoms with E-state index in [-0.39, 0.29) is 25.1 Å². The molecule has 0 spiro atoms. The Morgan fingerprint density at radius 3 is 2.17 bits per heavy atom. The number of benzene rings is 2. The highest BCUT2D eigenvalue weighted by molar-refractivity contribution is 6.32. The Morgan fingerprint density at radius 1 is 0.979 bits per heavy atom. The zero-order chi connectivity index (χ0) is 33.2. The van der Waals surface area contributed by atoms with Crippen molar-refractivity contribution in [1.29, 1.82) is 0 Å². The number of carboxylic acid groups (broad SMARTS) is 1. The van der Waals surface area contributed by atoms with Crippen molar-refractivity contribution in [2.45, 2.75) is 25.5 Å². The minimum Gasteiger partial charge on any atom is -0.491 e. The number of ether oxygens (including phenoxy) is 3. The molecule has 2 aliphatic heterocycles. The van der Waals surface area contributed by atoms with Gasteiger partial charge in [-0.05, 0) is 61.7 Å². The minimum atomic E-state index is -1.10. The molecule has 0 bridgehead atoms. The van der Waals surface area contributed by atoms with E-state index in [4.69, 9.17) is 43.1 Å². The Hall–Kier alpha value is -4.84. The summed E-state index contributed by atoms with van der Waals surface area (Å²) in [4.78, 5) is 28.1. The van der Waals surface area contributed by atoms with Crippen molar-refractivity contribution in [2.24, 2.45) is 11.1 Å². The molecule has 1 unspecified atom stereocenters. The zero-order valence-electron chi connectivity index (χ0n) is 25.2. The molecule has 2 aliphatic rings. The SMILES string of the molecule is NC(=O)c1ccccn1.O=C(O)C1=CC(COc2ccccc2Cl)(COc2ccccc2Cl)C=CN1c1cnn(C2CCCCO2)c1. The lowest BCUT2D eigenvalue weighted by atomic mass is 9.86. The van der Waals surface area contributed by atoms with Gasteiger partial charge in [0, 0.05) is 19.0 Å². The number of pyridine rings is 1. The minimum absolute atomic E-state index is 0.0436. The third-order valence-electron chi connectivity index (χ3n) is 7.36. The Bertz CT molecular complexity index is 1690. The average Bonchev–Trinajstić information content (AvgIpc) is 3.59. The van der Waals surface area contributed by atoms with E-state index >= 15 is 0 Å². The first-order valence-electron chi connectivity index (χ1n) is 14.8. The van der Waals surface area contributed by atoms with Gasteiger partial charge < -0.3 is 30.0 Å². The highest BCUT2D eigenvalue weighted by atomic mass is 35.5. The van der Waals surface area contributed by atoms with Crippen molar-refractivity contribution in [3.8, 4) is 11.5 Å². The first kappa shape index (κ1) is 33.5. The lowest BCUT2D eigenvalue weighted by molar-refractivity contribution is -0.132. The highest BCUT2D eigenvalue weighted by Gasteiger charge is 2.36. The maximum atomic E-state index is 12.5. The van der Waals surface area contributed by atoms with Crippen LogP contribution >= 0.6 is 23.2 Å². The van der Waals surface area contributed by atoms with Crippen LogP contribution < -0.4 is 20.1 Å². The Balaban J connectivity index is 0.000000417. The molecule has 1 saturated heterocycles. The summed E-state index contributed by atoms with van der Waals surface area (Å²) >= 11 is 12.6. The number of carbonyl (C=O) groups excluding carboxylic acids is 1. The van der Waals surface area contributed by atoms with Gasteiger partial charge in [-0.25, -0.2) is 9.48 Å². The van der Waals surface area contributed by atoms with Crippen molar-refractivity contribution in [1.82, 2.24) is 14.8 Å². The summed E-state index contributed by atoms with van der Waals surface area (Å²) < 4.78 is 19.7. The summed E-state index contributed by atoms with van der Waals surface area (Å²) in [6.45, 7) is 0.845. The molecule has 6 rings (SSSR count). The third kappa shape index (κ3) is 8.70. The van der Waals surface area contributed by atoms with Crippen LogP contribution in [0.4, 0.5) is 5.69 Å². The number of carboxylic acids is 1. The van der Waals surface area contributed by atoms with Crippen LogP contribution in [0, 0.1) is 5.41 Å². The molecule has 1 fully saturated rings. The van der Waals surface area contributed by atoms with Gasteiger partial charge >= 0.3 is 5.97 Å². The molecule has 4 heterocycles. The average molecular weight is 679 g/mol. The molecule has 13 heteroatoms. The summed E-state index contributed by atoms with van der Waals surface area (Å²) in [5.74, 6) is -0.617. The van der Waals surface area contributed by atoms with Gasteiger partial charge in [-0.2, -0.15) is 5.10 Å². The third-order valence-corrected chi connectivity index (χ3v) is 7.98. The predicted octanol–water partition coefficient (Wildman–Crippen LogP) is 6.52. The second kappa shape index (κ2) is 15.6. The van der Waals surface area contributed by atoms with Crippen molar-refractivity contribution >= 4 is 40.8 Å². The number of rotatable bonds is 10. The number of nitrogens with two attached hydrogens (primary N) is 1. The monoisotopic (exact) mass is 677 g/mol. The molecule has 2 aromatic heterocycles. The molecule has 0 aliphatic carbocycles. The second-order valence-electron chi connectivity index (χ2n) is 10.8. The second-order valence-corrected chi connectivity index (χ2v) is 11.6. The zero-order valence-corrected chi connectivity index (χ0v) is 26.8. The van der Waals surface area contributed by atoms with Crippen molar-refractivity contribution in [2.75, 3.05) is 24.7 Å². The molecule has 1 atom stereocenters. The first-order valence-corrected chi connectivity index (χ1v) is 15.6. The summed E-state index contributed by atoms with van der Waals surface area (Å²) in [7, 11) is 0. The van der Waals surface area contributed by atoms with E-state index in [1.54, 1.807) is 76.7 Å². The molecule has 244 valence electrons. The van der Waals surface area contributed by atoms with E-state index in [0.29, 0.717) is 39.5 Å². The smallest absolute Gasteiger partial charge is 0.352 e. The maximum Gasteiger partial charge on any atom is 0.352 e. The fourth-order valence-electron chi connectivity index (χ4n) is 4.90. The van der Waals surface area contributed by atoms with Crippen LogP contribution in [0.15, 0.2) is 109 Å². The van der Waals surface area contributed by atoms with Gasteiger partial charge in [-0.1, -0.05) is 59.6 Å². The number of halogens is 2. The van der Waals surface area contributed by atoms with Crippen LogP contribution in [0.25, 0.3) is 0 Å². The van der Waals surface area contributed by atoms with Gasteiger partial charge in [-0.15, -0.1) is 0 Å². The van der Waals surface area contributed by atoms with Crippen LogP contribution in [0.2, 0.25) is 10.0 Å². The van der Waals surface area contributed by atoms with Crippen LogP contribution in [-0.4, -0.2) is 51.6 Å². The molecular formula is C34H33Cl2N5O6. The Morgan fingerprint density at radius 2 is 1.64 bits per heavy atom. The van der Waals surface area contributed by atoms with E-state index in [1.165, 1.54) is 6.20 Å². The predicted molar refractivity (Wildman–Crippen MR) is 177 cm³/mol. The quantitative estimate of drug-likeness (QED) is 0.192. The maximum absolute atomic E-state index is 12.5. The summed E-state index contributed by atoms with van der Waals surface area (Å²) in [6, 6.07) is 19.2. The fourth-order valence-corrected chi connectivity index (χ4v) is 5.28. The van der Waals surface area contributed by atoms with Gasteiger partial charge in [0.15, 0.2) is 0 Å². The number of hydrogen-bond donors (Lipinski definition) is 2. The number of aromatic nitrogens is 3. The number of aliphatic carboxylic acids is 1. The molecule has 1 amide bonds. The number of para-hydroxylation sites is 2. The van der Waals surface area contributed by atoms with E-state index in [9.17, 15) is 14.7 Å². The number of primary amides is 1. The molecule has 11 nitrogen and oxygen atoms in total. The summed E-state index contributed by atoms with van der Waals surface area (Å²) in [5.41, 5.74) is 4.93. The van der Waals surface area contributed by atoms with E-state index in [2.05, 4.69) is 10.1 Å². The van der Waals surface area contributed by atoms with Gasteiger partial charge in [0.25, 0.3) is 5.91 Å². The molecule has 47 heavy (non-hydrogen) atoms. The van der Waals surface area contributed by atoms with Crippen LogP contribution in [0.5, 0.6) is 11.5 Å². The topological polar surface area (TPSA) is 142 Å². The Labute approximate surface area is 281 Å². The largest absolute Gasteiger partial charge is 0.491 e.